The molecule has 0 bridgehead atoms. The van der Waals surface area contributed by atoms with Crippen molar-refractivity contribution in [3.63, 3.8) is 0 Å². The zero-order valence-corrected chi connectivity index (χ0v) is 14.0. The number of amides is 2. The average molecular weight is 305 g/mol. The summed E-state index contributed by atoms with van der Waals surface area (Å²) in [7, 11) is 3.54. The Balaban J connectivity index is 2.39. The Bertz CT molecular complexity index is 486. The minimum atomic E-state index is -0.392. The molecule has 0 heterocycles. The van der Waals surface area contributed by atoms with Crippen LogP contribution in [0.3, 0.4) is 0 Å². The van der Waals surface area contributed by atoms with Crippen LogP contribution < -0.4 is 10.6 Å². The Labute approximate surface area is 133 Å². The molecule has 22 heavy (non-hydrogen) atoms. The maximum atomic E-state index is 12.1. The highest BCUT2D eigenvalue weighted by atomic mass is 16.2. The van der Waals surface area contributed by atoms with Crippen molar-refractivity contribution in [1.82, 2.24) is 15.5 Å². The molecule has 0 atom stereocenters. The van der Waals surface area contributed by atoms with Crippen molar-refractivity contribution in [2.24, 2.45) is 0 Å². The van der Waals surface area contributed by atoms with Gasteiger partial charge in [-0.25, -0.2) is 0 Å². The van der Waals surface area contributed by atoms with Crippen LogP contribution in [-0.2, 0) is 16.1 Å². The minimum absolute atomic E-state index is 0.0106. The van der Waals surface area contributed by atoms with E-state index >= 15 is 0 Å². The quantitative estimate of drug-likeness (QED) is 0.766. The van der Waals surface area contributed by atoms with E-state index in [1.807, 2.05) is 56.1 Å². The molecule has 0 spiro atoms. The molecule has 0 aliphatic rings. The van der Waals surface area contributed by atoms with Gasteiger partial charge < -0.3 is 10.6 Å². The summed E-state index contributed by atoms with van der Waals surface area (Å²) in [5, 5.41) is 5.58. The Kier molecular flexibility index (Phi) is 7.05. The Morgan fingerprint density at radius 2 is 1.77 bits per heavy atom. The van der Waals surface area contributed by atoms with Gasteiger partial charge >= 0.3 is 0 Å². The van der Waals surface area contributed by atoms with Crippen LogP contribution in [0, 0.1) is 0 Å². The second-order valence-corrected chi connectivity index (χ2v) is 6.26. The number of nitrogens with zero attached hydrogens (tertiary/aromatic N) is 1. The molecule has 0 saturated heterocycles. The van der Waals surface area contributed by atoms with Crippen molar-refractivity contribution in [2.75, 3.05) is 20.6 Å². The minimum Gasteiger partial charge on any atom is -0.359 e. The lowest BCUT2D eigenvalue weighted by Crippen LogP contribution is -2.47. The summed E-state index contributed by atoms with van der Waals surface area (Å²) in [6, 6.07) is 10.0. The van der Waals surface area contributed by atoms with Crippen LogP contribution in [-0.4, -0.2) is 42.9 Å². The van der Waals surface area contributed by atoms with E-state index in [1.165, 1.54) is 5.56 Å². The summed E-state index contributed by atoms with van der Waals surface area (Å²) >= 11 is 0. The summed E-state index contributed by atoms with van der Waals surface area (Å²) in [5.41, 5.74) is 0.786. The van der Waals surface area contributed by atoms with E-state index in [0.29, 0.717) is 19.4 Å². The van der Waals surface area contributed by atoms with Crippen molar-refractivity contribution in [1.29, 1.82) is 0 Å². The topological polar surface area (TPSA) is 61.4 Å². The first-order chi connectivity index (χ1) is 10.3. The molecule has 5 heteroatoms. The zero-order valence-electron chi connectivity index (χ0n) is 14.0. The lowest BCUT2D eigenvalue weighted by molar-refractivity contribution is -0.125. The largest absolute Gasteiger partial charge is 0.359 e. The summed E-state index contributed by atoms with van der Waals surface area (Å²) in [6.07, 6.45) is 1.02. The van der Waals surface area contributed by atoms with Gasteiger partial charge in [-0.1, -0.05) is 30.3 Å². The predicted molar refractivity (Wildman–Crippen MR) is 88.3 cm³/mol. The van der Waals surface area contributed by atoms with Gasteiger partial charge in [-0.05, 0) is 32.9 Å². The first kappa shape index (κ1) is 18.2. The summed E-state index contributed by atoms with van der Waals surface area (Å²) < 4.78 is 0. The third-order valence-electron chi connectivity index (χ3n) is 3.44. The second kappa shape index (κ2) is 8.54. The number of hydrogen-bond donors (Lipinski definition) is 2. The van der Waals surface area contributed by atoms with Gasteiger partial charge in [0.05, 0.1) is 6.54 Å². The summed E-state index contributed by atoms with van der Waals surface area (Å²) in [4.78, 5) is 25.4. The molecule has 2 N–H and O–H groups in total. The number of carbonyl (C=O) groups excluding carboxylic acids is 2. The van der Waals surface area contributed by atoms with Crippen molar-refractivity contribution in [3.05, 3.63) is 35.9 Å². The molecular weight excluding hydrogens is 278 g/mol. The van der Waals surface area contributed by atoms with Gasteiger partial charge in [0.1, 0.15) is 0 Å². The van der Waals surface area contributed by atoms with Crippen LogP contribution in [0.25, 0.3) is 0 Å². The lowest BCUT2D eigenvalue weighted by atomic mass is 9.98. The number of rotatable bonds is 8. The Hall–Kier alpha value is -1.88. The van der Waals surface area contributed by atoms with Crippen LogP contribution in [0.2, 0.25) is 0 Å². The number of benzene rings is 1. The lowest BCUT2D eigenvalue weighted by Gasteiger charge is -2.27. The maximum absolute atomic E-state index is 12.1. The molecule has 0 radical (unpaired) electrons. The van der Waals surface area contributed by atoms with Gasteiger partial charge in [-0.2, -0.15) is 0 Å². The highest BCUT2D eigenvalue weighted by Crippen LogP contribution is 2.11. The van der Waals surface area contributed by atoms with E-state index in [9.17, 15) is 9.59 Å². The SMILES string of the molecule is CNC(=O)CCC(C)(C)NC(=O)CN(C)Cc1ccccc1. The number of likely N-dealkylation sites (N-methyl/N-ethyl adjacent to an activating group) is 1. The molecule has 1 rings (SSSR count). The normalized spacial score (nSPS) is 11.3. The average Bonchev–Trinajstić information content (AvgIpc) is 2.44. The van der Waals surface area contributed by atoms with Crippen LogP contribution in [0.15, 0.2) is 30.3 Å². The standard InChI is InChI=1S/C17H27N3O2/c1-17(2,11-10-15(21)18-3)19-16(22)13-20(4)12-14-8-6-5-7-9-14/h5-9H,10-13H2,1-4H3,(H,18,21)(H,19,22). The first-order valence-electron chi connectivity index (χ1n) is 7.56. The molecule has 0 aromatic heterocycles. The number of hydrogen-bond acceptors (Lipinski definition) is 3. The first-order valence-corrected chi connectivity index (χ1v) is 7.56. The molecule has 0 unspecified atom stereocenters. The van der Waals surface area contributed by atoms with E-state index in [1.54, 1.807) is 7.05 Å². The molecule has 0 aliphatic carbocycles. The van der Waals surface area contributed by atoms with Gasteiger partial charge in [-0.15, -0.1) is 0 Å². The highest BCUT2D eigenvalue weighted by Gasteiger charge is 2.21. The molecule has 0 aliphatic heterocycles. The van der Waals surface area contributed by atoms with E-state index in [0.717, 1.165) is 6.54 Å². The molecule has 0 fully saturated rings. The van der Waals surface area contributed by atoms with Gasteiger partial charge in [-0.3, -0.25) is 14.5 Å². The van der Waals surface area contributed by atoms with E-state index < -0.39 is 5.54 Å². The third kappa shape index (κ3) is 7.22. The molecular formula is C17H27N3O2. The Morgan fingerprint density at radius 1 is 1.14 bits per heavy atom. The fourth-order valence-electron chi connectivity index (χ4n) is 2.23. The van der Waals surface area contributed by atoms with Crippen molar-refractivity contribution >= 4 is 11.8 Å². The fourth-order valence-corrected chi connectivity index (χ4v) is 2.23. The predicted octanol–water partition coefficient (Wildman–Crippen LogP) is 1.54. The van der Waals surface area contributed by atoms with Crippen LogP contribution in [0.1, 0.15) is 32.3 Å². The van der Waals surface area contributed by atoms with E-state index in [2.05, 4.69) is 10.6 Å². The smallest absolute Gasteiger partial charge is 0.234 e. The Morgan fingerprint density at radius 3 is 2.36 bits per heavy atom. The number of nitrogens with one attached hydrogen (secondary N) is 2. The van der Waals surface area contributed by atoms with E-state index in [-0.39, 0.29) is 11.8 Å². The molecule has 5 nitrogen and oxygen atoms in total. The monoisotopic (exact) mass is 305 g/mol. The van der Waals surface area contributed by atoms with Crippen molar-refractivity contribution in [3.8, 4) is 0 Å². The fraction of sp³-hybridized carbons (Fsp3) is 0.529. The molecule has 122 valence electrons. The molecule has 0 saturated carbocycles. The zero-order chi connectivity index (χ0) is 16.6. The highest BCUT2D eigenvalue weighted by molar-refractivity contribution is 5.79. The van der Waals surface area contributed by atoms with Crippen LogP contribution in [0.4, 0.5) is 0 Å². The molecule has 1 aromatic rings. The van der Waals surface area contributed by atoms with Gasteiger partial charge in [0.2, 0.25) is 11.8 Å². The van der Waals surface area contributed by atoms with Gasteiger partial charge in [0.25, 0.3) is 0 Å². The second-order valence-electron chi connectivity index (χ2n) is 6.26. The van der Waals surface area contributed by atoms with Crippen molar-refractivity contribution < 1.29 is 9.59 Å². The van der Waals surface area contributed by atoms with E-state index in [4.69, 9.17) is 0 Å². The third-order valence-corrected chi connectivity index (χ3v) is 3.44. The molecule has 1 aromatic carbocycles. The summed E-state index contributed by atoms with van der Waals surface area (Å²) in [6.45, 7) is 4.93. The summed E-state index contributed by atoms with van der Waals surface area (Å²) in [5.74, 6) is -0.0381. The van der Waals surface area contributed by atoms with Crippen LogP contribution >= 0.6 is 0 Å². The molecule has 2 amide bonds. The maximum Gasteiger partial charge on any atom is 0.234 e. The number of carbonyl (C=O) groups is 2. The van der Waals surface area contributed by atoms with Crippen molar-refractivity contribution in [2.45, 2.75) is 38.8 Å². The van der Waals surface area contributed by atoms with Crippen LogP contribution in [0.5, 0.6) is 0 Å². The van der Waals surface area contributed by atoms with Gasteiger partial charge in [0.15, 0.2) is 0 Å². The van der Waals surface area contributed by atoms with Gasteiger partial charge in [0, 0.05) is 25.6 Å².